The lowest BCUT2D eigenvalue weighted by Gasteiger charge is -2.41. The van der Waals surface area contributed by atoms with E-state index in [0.29, 0.717) is 49.9 Å². The molecule has 0 aliphatic carbocycles. The van der Waals surface area contributed by atoms with Crippen LogP contribution in [0.25, 0.3) is 10.8 Å². The Morgan fingerprint density at radius 3 is 2.81 bits per heavy atom. The number of hydrogen-bond acceptors (Lipinski definition) is 8. The first-order valence-electron chi connectivity index (χ1n) is 15.2. The number of carbonyl (C=O) groups excluding carboxylic acids is 1. The number of rotatable bonds is 7. The Balaban J connectivity index is 1.36. The quantitative estimate of drug-likeness (QED) is 0.357. The van der Waals surface area contributed by atoms with E-state index >= 15 is 0 Å². The maximum Gasteiger partial charge on any atom is 0.318 e. The predicted molar refractivity (Wildman–Crippen MR) is 170 cm³/mol. The van der Waals surface area contributed by atoms with E-state index in [9.17, 15) is 10.1 Å². The number of ether oxygens (including phenoxy) is 1. The monoisotopic (exact) mass is 599 g/mol. The third-order valence-electron chi connectivity index (χ3n) is 9.05. The summed E-state index contributed by atoms with van der Waals surface area (Å²) in [6, 6.07) is 15.1. The number of hydrogen-bond donors (Lipinski definition) is 0. The molecule has 2 fully saturated rings. The number of piperazine rings is 1. The molecule has 3 aliphatic heterocycles. The van der Waals surface area contributed by atoms with Crippen LogP contribution in [0, 0.1) is 11.3 Å². The van der Waals surface area contributed by atoms with Crippen molar-refractivity contribution in [2.45, 2.75) is 50.7 Å². The van der Waals surface area contributed by atoms with Crippen LogP contribution in [0.4, 0.5) is 11.5 Å². The molecule has 2 saturated heterocycles. The van der Waals surface area contributed by atoms with Crippen molar-refractivity contribution in [1.29, 1.82) is 5.26 Å². The van der Waals surface area contributed by atoms with Gasteiger partial charge in [-0.2, -0.15) is 15.2 Å². The number of aromatic nitrogens is 2. The third-order valence-corrected chi connectivity index (χ3v) is 9.29. The van der Waals surface area contributed by atoms with Crippen molar-refractivity contribution >= 4 is 39.8 Å². The van der Waals surface area contributed by atoms with Gasteiger partial charge < -0.3 is 24.3 Å². The molecule has 43 heavy (non-hydrogen) atoms. The van der Waals surface area contributed by atoms with E-state index in [4.69, 9.17) is 26.3 Å². The van der Waals surface area contributed by atoms with Crippen molar-refractivity contribution < 1.29 is 9.53 Å². The molecule has 1 amide bonds. The molecule has 4 heterocycles. The standard InChI is InChI=1S/C33H38ClN7O2/c1-3-31(42)41-18-17-40(20-25(41)13-14-35)32-27-9-6-16-39(30-10-4-7-23-11-12-24(34)19-28(23)30)21-29(27)36-33(37-32)43-22-26-8-5-15-38(26)2/h3-4,7,10-12,19,25-26H,1,5-6,8-9,13,15-18,20-22H2,2H3/t25?,26-/m0/s1. The highest BCUT2D eigenvalue weighted by Gasteiger charge is 2.33. The number of likely N-dealkylation sites (tertiary alicyclic amines) is 1. The molecule has 0 radical (unpaired) electrons. The van der Waals surface area contributed by atoms with Crippen LogP contribution in [0.1, 0.15) is 36.9 Å². The number of halogens is 1. The fourth-order valence-corrected chi connectivity index (χ4v) is 6.89. The molecule has 10 heteroatoms. The van der Waals surface area contributed by atoms with Crippen LogP contribution >= 0.6 is 11.6 Å². The lowest BCUT2D eigenvalue weighted by molar-refractivity contribution is -0.128. The van der Waals surface area contributed by atoms with Gasteiger partial charge in [-0.3, -0.25) is 4.79 Å². The summed E-state index contributed by atoms with van der Waals surface area (Å²) in [5.74, 6) is 0.716. The van der Waals surface area contributed by atoms with E-state index in [2.05, 4.69) is 58.7 Å². The number of nitrogens with zero attached hydrogens (tertiary/aromatic N) is 7. The minimum absolute atomic E-state index is 0.142. The summed E-state index contributed by atoms with van der Waals surface area (Å²) < 4.78 is 6.32. The molecule has 3 aliphatic rings. The summed E-state index contributed by atoms with van der Waals surface area (Å²) in [6.07, 6.45) is 5.60. The SMILES string of the molecule is C=CC(=O)N1CCN(c2nc(OC[C@@H]3CCCN3C)nc3c2CCCN(c2cccc4ccc(Cl)cc24)C3)CC1CC#N. The average Bonchev–Trinajstić information content (AvgIpc) is 3.31. The van der Waals surface area contributed by atoms with Gasteiger partial charge in [-0.05, 0) is 68.9 Å². The predicted octanol–water partition coefficient (Wildman–Crippen LogP) is 4.83. The van der Waals surface area contributed by atoms with Gasteiger partial charge in [-0.15, -0.1) is 0 Å². The van der Waals surface area contributed by atoms with Gasteiger partial charge in [-0.1, -0.05) is 36.4 Å². The van der Waals surface area contributed by atoms with Gasteiger partial charge in [0.2, 0.25) is 5.91 Å². The summed E-state index contributed by atoms with van der Waals surface area (Å²) >= 11 is 6.43. The molecule has 2 aromatic carbocycles. The highest BCUT2D eigenvalue weighted by atomic mass is 35.5. The first kappa shape index (κ1) is 29.2. The molecule has 2 atom stereocenters. The Labute approximate surface area is 258 Å². The minimum atomic E-state index is -0.242. The van der Waals surface area contributed by atoms with Crippen molar-refractivity contribution in [1.82, 2.24) is 19.8 Å². The average molecular weight is 600 g/mol. The summed E-state index contributed by atoms with van der Waals surface area (Å²) in [5, 5.41) is 12.5. The fourth-order valence-electron chi connectivity index (χ4n) is 6.72. The largest absolute Gasteiger partial charge is 0.462 e. The molecule has 1 unspecified atom stereocenters. The van der Waals surface area contributed by atoms with E-state index in [1.807, 2.05) is 12.1 Å². The van der Waals surface area contributed by atoms with E-state index in [1.165, 1.54) is 12.5 Å². The van der Waals surface area contributed by atoms with Crippen LogP contribution in [-0.4, -0.2) is 84.1 Å². The summed E-state index contributed by atoms with van der Waals surface area (Å²) in [7, 11) is 2.14. The number of carbonyl (C=O) groups is 1. The maximum absolute atomic E-state index is 12.6. The van der Waals surface area contributed by atoms with Gasteiger partial charge in [-0.25, -0.2) is 0 Å². The smallest absolute Gasteiger partial charge is 0.318 e. The van der Waals surface area contributed by atoms with E-state index < -0.39 is 0 Å². The van der Waals surface area contributed by atoms with Crippen molar-refractivity contribution in [3.8, 4) is 12.1 Å². The van der Waals surface area contributed by atoms with Crippen LogP contribution < -0.4 is 14.5 Å². The second-order valence-electron chi connectivity index (χ2n) is 11.7. The number of benzene rings is 2. The summed E-state index contributed by atoms with van der Waals surface area (Å²) in [4.78, 5) is 31.3. The van der Waals surface area contributed by atoms with Gasteiger partial charge in [0.05, 0.1) is 30.8 Å². The van der Waals surface area contributed by atoms with Crippen molar-refractivity contribution in [3.05, 3.63) is 65.3 Å². The number of nitriles is 1. The second kappa shape index (κ2) is 12.8. The molecule has 0 N–H and O–H groups in total. The van der Waals surface area contributed by atoms with Gasteiger partial charge in [0, 0.05) is 53.9 Å². The van der Waals surface area contributed by atoms with Crippen molar-refractivity contribution in [3.63, 3.8) is 0 Å². The molecule has 0 bridgehead atoms. The van der Waals surface area contributed by atoms with Gasteiger partial charge in [0.15, 0.2) is 0 Å². The molecule has 0 saturated carbocycles. The Kier molecular flexibility index (Phi) is 8.68. The topological polar surface area (TPSA) is 88.8 Å². The van der Waals surface area contributed by atoms with Crippen LogP contribution in [0.5, 0.6) is 6.01 Å². The number of amides is 1. The third kappa shape index (κ3) is 6.13. The maximum atomic E-state index is 12.6. The van der Waals surface area contributed by atoms with Crippen LogP contribution in [0.2, 0.25) is 5.02 Å². The van der Waals surface area contributed by atoms with Crippen molar-refractivity contribution in [2.75, 3.05) is 56.2 Å². The van der Waals surface area contributed by atoms with Gasteiger partial charge in [0.1, 0.15) is 12.4 Å². The molecule has 3 aromatic rings. The molecule has 6 rings (SSSR count). The Hall–Kier alpha value is -3.87. The van der Waals surface area contributed by atoms with E-state index in [-0.39, 0.29) is 18.4 Å². The summed E-state index contributed by atoms with van der Waals surface area (Å²) in [5.41, 5.74) is 3.21. The van der Waals surface area contributed by atoms with Crippen LogP contribution in [0.3, 0.4) is 0 Å². The molecule has 1 aromatic heterocycles. The van der Waals surface area contributed by atoms with E-state index in [0.717, 1.165) is 65.9 Å². The zero-order chi connectivity index (χ0) is 29.9. The van der Waals surface area contributed by atoms with Crippen LogP contribution in [-0.2, 0) is 17.8 Å². The summed E-state index contributed by atoms with van der Waals surface area (Å²) in [6.45, 7) is 8.39. The highest BCUT2D eigenvalue weighted by Crippen LogP contribution is 2.35. The Bertz CT molecular complexity index is 1560. The zero-order valence-corrected chi connectivity index (χ0v) is 25.5. The minimum Gasteiger partial charge on any atom is -0.462 e. The second-order valence-corrected chi connectivity index (χ2v) is 12.1. The number of fused-ring (bicyclic) bond motifs is 2. The van der Waals surface area contributed by atoms with Gasteiger partial charge in [0.25, 0.3) is 0 Å². The lowest BCUT2D eigenvalue weighted by atomic mass is 10.1. The fraction of sp³-hybridized carbons (Fsp3) is 0.455. The molecule has 9 nitrogen and oxygen atoms in total. The van der Waals surface area contributed by atoms with Crippen molar-refractivity contribution in [2.24, 2.45) is 0 Å². The zero-order valence-electron chi connectivity index (χ0n) is 24.7. The first-order chi connectivity index (χ1) is 20.9. The number of anilines is 2. The molecule has 0 spiro atoms. The molecular formula is C33H38ClN7O2. The number of likely N-dealkylation sites (N-methyl/N-ethyl adjacent to an activating group) is 1. The highest BCUT2D eigenvalue weighted by molar-refractivity contribution is 6.31. The van der Waals surface area contributed by atoms with E-state index in [1.54, 1.807) is 4.90 Å². The first-order valence-corrected chi connectivity index (χ1v) is 15.5. The molecular weight excluding hydrogens is 562 g/mol. The Morgan fingerprint density at radius 2 is 2.02 bits per heavy atom. The van der Waals surface area contributed by atoms with Gasteiger partial charge >= 0.3 is 6.01 Å². The molecule has 224 valence electrons. The normalized spacial score (nSPS) is 20.9. The van der Waals surface area contributed by atoms with Crippen LogP contribution in [0.15, 0.2) is 49.1 Å². The lowest BCUT2D eigenvalue weighted by Crippen LogP contribution is -2.55. The Morgan fingerprint density at radius 1 is 1.14 bits per heavy atom.